The fourth-order valence-electron chi connectivity index (χ4n) is 2.71. The summed E-state index contributed by atoms with van der Waals surface area (Å²) in [6.45, 7) is 0.939. The number of aromatic nitrogens is 1. The fourth-order valence-corrected chi connectivity index (χ4v) is 2.93. The lowest BCUT2D eigenvalue weighted by molar-refractivity contribution is 0.174. The maximum absolute atomic E-state index is 12.4. The molecule has 5 nitrogen and oxygen atoms in total. The van der Waals surface area contributed by atoms with Gasteiger partial charge in [-0.3, -0.25) is 4.79 Å². The number of nitrogens with zero attached hydrogens (tertiary/aromatic N) is 1. The number of fused-ring (bicyclic) bond motifs is 1. The molecule has 4 rings (SSSR count). The molecule has 1 aliphatic rings. The summed E-state index contributed by atoms with van der Waals surface area (Å²) in [5.41, 5.74) is 1.67. The molecule has 132 valence electrons. The first kappa shape index (κ1) is 16.5. The molecule has 0 fully saturated rings. The van der Waals surface area contributed by atoms with Crippen molar-refractivity contribution < 1.29 is 14.2 Å². The van der Waals surface area contributed by atoms with Crippen LogP contribution in [0.4, 0.5) is 0 Å². The predicted molar refractivity (Wildman–Crippen MR) is 98.2 cm³/mol. The summed E-state index contributed by atoms with van der Waals surface area (Å²) in [6.07, 6.45) is 1.70. The highest BCUT2D eigenvalue weighted by atomic mass is 35.5. The molecule has 1 aliphatic heterocycles. The molecule has 0 radical (unpaired) electrons. The Hall–Kier alpha value is -2.92. The van der Waals surface area contributed by atoms with Crippen LogP contribution in [0, 0.1) is 0 Å². The van der Waals surface area contributed by atoms with E-state index in [2.05, 4.69) is 0 Å². The van der Waals surface area contributed by atoms with Crippen molar-refractivity contribution in [3.05, 3.63) is 87.3 Å². The van der Waals surface area contributed by atoms with E-state index >= 15 is 0 Å². The summed E-state index contributed by atoms with van der Waals surface area (Å²) in [4.78, 5) is 12.4. The van der Waals surface area contributed by atoms with Crippen LogP contribution in [0.2, 0.25) is 5.02 Å². The number of hydrogen-bond donors (Lipinski definition) is 0. The van der Waals surface area contributed by atoms with Gasteiger partial charge in [0.25, 0.3) is 5.56 Å². The zero-order valence-electron chi connectivity index (χ0n) is 13.9. The molecule has 2 aromatic carbocycles. The average Bonchev–Trinajstić information content (AvgIpc) is 3.10. The van der Waals surface area contributed by atoms with E-state index < -0.39 is 0 Å². The number of halogens is 1. The molecule has 0 bridgehead atoms. The lowest BCUT2D eigenvalue weighted by Gasteiger charge is -2.11. The lowest BCUT2D eigenvalue weighted by Crippen LogP contribution is -2.19. The van der Waals surface area contributed by atoms with Crippen LogP contribution in [0.3, 0.4) is 0 Å². The van der Waals surface area contributed by atoms with Gasteiger partial charge in [-0.2, -0.15) is 0 Å². The second-order valence-corrected chi connectivity index (χ2v) is 6.31. The SMILES string of the molecule is O=c1cc(OCc2ccccc2)ccn1Cc1cc2c(cc1Cl)OCO2. The van der Waals surface area contributed by atoms with Crippen LogP contribution >= 0.6 is 11.6 Å². The van der Waals surface area contributed by atoms with Gasteiger partial charge in [-0.05, 0) is 23.3 Å². The van der Waals surface area contributed by atoms with E-state index in [1.54, 1.807) is 29.0 Å². The summed E-state index contributed by atoms with van der Waals surface area (Å²) in [5.74, 6) is 1.79. The van der Waals surface area contributed by atoms with Crippen LogP contribution in [0.5, 0.6) is 17.2 Å². The summed E-state index contributed by atoms with van der Waals surface area (Å²) in [7, 11) is 0. The molecule has 0 saturated heterocycles. The Labute approximate surface area is 155 Å². The smallest absolute Gasteiger partial charge is 0.254 e. The Morgan fingerprint density at radius 1 is 1.04 bits per heavy atom. The average molecular weight is 370 g/mol. The quantitative estimate of drug-likeness (QED) is 0.685. The van der Waals surface area contributed by atoms with Gasteiger partial charge in [0.05, 0.1) is 6.54 Å². The lowest BCUT2D eigenvalue weighted by atomic mass is 10.2. The van der Waals surface area contributed by atoms with Crippen molar-refractivity contribution in [1.82, 2.24) is 4.57 Å². The molecule has 0 atom stereocenters. The number of benzene rings is 2. The molecule has 0 spiro atoms. The molecular formula is C20H16ClNO4. The third kappa shape index (κ3) is 3.53. The normalized spacial score (nSPS) is 12.2. The van der Waals surface area contributed by atoms with Crippen molar-refractivity contribution in [2.45, 2.75) is 13.2 Å². The van der Waals surface area contributed by atoms with Gasteiger partial charge in [-0.15, -0.1) is 0 Å². The van der Waals surface area contributed by atoms with Crippen LogP contribution < -0.4 is 19.8 Å². The van der Waals surface area contributed by atoms with Crippen LogP contribution in [0.25, 0.3) is 0 Å². The first-order valence-electron chi connectivity index (χ1n) is 8.14. The summed E-state index contributed by atoms with van der Waals surface area (Å²) in [6, 6.07) is 16.6. The predicted octanol–water partition coefficient (Wildman–Crippen LogP) is 3.86. The van der Waals surface area contributed by atoms with E-state index in [9.17, 15) is 4.79 Å². The van der Waals surface area contributed by atoms with E-state index in [4.69, 9.17) is 25.8 Å². The maximum atomic E-state index is 12.4. The van der Waals surface area contributed by atoms with E-state index in [0.29, 0.717) is 35.4 Å². The largest absolute Gasteiger partial charge is 0.489 e. The highest BCUT2D eigenvalue weighted by Crippen LogP contribution is 2.36. The number of pyridine rings is 1. The topological polar surface area (TPSA) is 49.7 Å². The molecular weight excluding hydrogens is 354 g/mol. The Balaban J connectivity index is 1.49. The minimum Gasteiger partial charge on any atom is -0.489 e. The third-order valence-corrected chi connectivity index (χ3v) is 4.45. The second kappa shape index (κ2) is 7.14. The van der Waals surface area contributed by atoms with Crippen LogP contribution in [-0.2, 0) is 13.2 Å². The van der Waals surface area contributed by atoms with E-state index in [1.807, 2.05) is 30.3 Å². The molecule has 0 N–H and O–H groups in total. The fraction of sp³-hybridized carbons (Fsp3) is 0.150. The van der Waals surface area contributed by atoms with Crippen molar-refractivity contribution in [3.63, 3.8) is 0 Å². The Bertz CT molecular complexity index is 985. The zero-order chi connectivity index (χ0) is 17.9. The van der Waals surface area contributed by atoms with Crippen LogP contribution in [0.1, 0.15) is 11.1 Å². The minimum absolute atomic E-state index is 0.163. The van der Waals surface area contributed by atoms with Crippen molar-refractivity contribution in [2.24, 2.45) is 0 Å². The van der Waals surface area contributed by atoms with Gasteiger partial charge in [-0.1, -0.05) is 41.9 Å². The molecule has 6 heteroatoms. The first-order valence-corrected chi connectivity index (χ1v) is 8.52. The third-order valence-electron chi connectivity index (χ3n) is 4.10. The molecule has 1 aromatic heterocycles. The molecule has 0 aliphatic carbocycles. The first-order chi connectivity index (χ1) is 12.7. The van der Waals surface area contributed by atoms with E-state index in [0.717, 1.165) is 11.1 Å². The van der Waals surface area contributed by atoms with Crippen LogP contribution in [0.15, 0.2) is 65.6 Å². The van der Waals surface area contributed by atoms with E-state index in [1.165, 1.54) is 6.07 Å². The Kier molecular flexibility index (Phi) is 4.54. The van der Waals surface area contributed by atoms with Crippen molar-refractivity contribution in [2.75, 3.05) is 6.79 Å². The van der Waals surface area contributed by atoms with E-state index in [-0.39, 0.29) is 12.4 Å². The standard InChI is InChI=1S/C20H16ClNO4/c21-17-10-19-18(25-13-26-19)8-15(17)11-22-7-6-16(9-20(22)23)24-12-14-4-2-1-3-5-14/h1-10H,11-13H2. The van der Waals surface area contributed by atoms with Gasteiger partial charge in [-0.25, -0.2) is 0 Å². The molecule has 3 aromatic rings. The number of hydrogen-bond acceptors (Lipinski definition) is 4. The van der Waals surface area contributed by atoms with Gasteiger partial charge >= 0.3 is 0 Å². The summed E-state index contributed by atoms with van der Waals surface area (Å²) in [5, 5.41) is 0.533. The van der Waals surface area contributed by atoms with Gasteiger partial charge in [0.1, 0.15) is 12.4 Å². The van der Waals surface area contributed by atoms with Gasteiger partial charge in [0.2, 0.25) is 6.79 Å². The molecule has 0 unspecified atom stereocenters. The minimum atomic E-state index is -0.163. The van der Waals surface area contributed by atoms with Crippen molar-refractivity contribution in [3.8, 4) is 17.2 Å². The maximum Gasteiger partial charge on any atom is 0.254 e. The second-order valence-electron chi connectivity index (χ2n) is 5.90. The summed E-state index contributed by atoms with van der Waals surface area (Å²) < 4.78 is 17.9. The van der Waals surface area contributed by atoms with Gasteiger partial charge in [0, 0.05) is 23.4 Å². The molecule has 0 saturated carbocycles. The highest BCUT2D eigenvalue weighted by Gasteiger charge is 2.17. The highest BCUT2D eigenvalue weighted by molar-refractivity contribution is 6.31. The van der Waals surface area contributed by atoms with Crippen molar-refractivity contribution >= 4 is 11.6 Å². The van der Waals surface area contributed by atoms with Gasteiger partial charge < -0.3 is 18.8 Å². The zero-order valence-corrected chi connectivity index (χ0v) is 14.6. The Morgan fingerprint density at radius 2 is 1.81 bits per heavy atom. The van der Waals surface area contributed by atoms with Crippen molar-refractivity contribution in [1.29, 1.82) is 0 Å². The molecule has 2 heterocycles. The van der Waals surface area contributed by atoms with Gasteiger partial charge in [0.15, 0.2) is 11.5 Å². The molecule has 0 amide bonds. The number of ether oxygens (including phenoxy) is 3. The monoisotopic (exact) mass is 369 g/mol. The Morgan fingerprint density at radius 3 is 2.58 bits per heavy atom. The summed E-state index contributed by atoms with van der Waals surface area (Å²) >= 11 is 6.28. The molecule has 26 heavy (non-hydrogen) atoms. The van der Waals surface area contributed by atoms with Crippen LogP contribution in [-0.4, -0.2) is 11.4 Å². The number of rotatable bonds is 5.